The summed E-state index contributed by atoms with van der Waals surface area (Å²) in [5.41, 5.74) is 0.623. The maximum atomic E-state index is 12.1. The van der Waals surface area contributed by atoms with E-state index < -0.39 is 0 Å². The number of ether oxygens (including phenoxy) is 2. The molecule has 0 amide bonds. The Labute approximate surface area is 118 Å². The van der Waals surface area contributed by atoms with Crippen LogP contribution in [0.25, 0.3) is 0 Å². The molecule has 0 N–H and O–H groups in total. The number of Topliss-reactive ketones (excluding diaryl/α,β-unsaturated/α-hetero) is 1. The molecule has 0 radical (unpaired) electrons. The van der Waals surface area contributed by atoms with Gasteiger partial charge >= 0.3 is 0 Å². The summed E-state index contributed by atoms with van der Waals surface area (Å²) in [6.07, 6.45) is 0. The average molecular weight is 294 g/mol. The minimum absolute atomic E-state index is 0.0381. The monoisotopic (exact) mass is 294 g/mol. The number of hydrogen-bond donors (Lipinski definition) is 0. The number of benzene rings is 1. The summed E-state index contributed by atoms with van der Waals surface area (Å²) >= 11 is 2.71. The Kier molecular flexibility index (Phi) is 3.39. The van der Waals surface area contributed by atoms with Gasteiger partial charge in [0.05, 0.1) is 5.75 Å². The van der Waals surface area contributed by atoms with Gasteiger partial charge in [-0.05, 0) is 36.7 Å². The fourth-order valence-corrected chi connectivity index (χ4v) is 3.16. The van der Waals surface area contributed by atoms with Crippen LogP contribution >= 0.6 is 23.3 Å². The molecule has 0 bridgehead atoms. The Bertz CT molecular complexity index is 627. The second-order valence-corrected chi connectivity index (χ2v) is 5.86. The molecule has 19 heavy (non-hydrogen) atoms. The van der Waals surface area contributed by atoms with Crippen LogP contribution < -0.4 is 9.47 Å². The first kappa shape index (κ1) is 12.4. The summed E-state index contributed by atoms with van der Waals surface area (Å²) in [5.74, 6) is 2.43. The number of aromatic nitrogens is 2. The summed E-state index contributed by atoms with van der Waals surface area (Å²) in [6.45, 7) is 2.05. The molecule has 3 rings (SSSR count). The van der Waals surface area contributed by atoms with E-state index in [1.807, 2.05) is 6.92 Å². The predicted molar refractivity (Wildman–Crippen MR) is 72.3 cm³/mol. The van der Waals surface area contributed by atoms with E-state index in [9.17, 15) is 4.79 Å². The first-order valence-corrected chi connectivity index (χ1v) is 7.34. The maximum absolute atomic E-state index is 12.1. The lowest BCUT2D eigenvalue weighted by Gasteiger charge is -2.01. The summed E-state index contributed by atoms with van der Waals surface area (Å²) < 4.78 is 15.4. The largest absolute Gasteiger partial charge is 0.454 e. The summed E-state index contributed by atoms with van der Waals surface area (Å²) in [5, 5.41) is 0. The fourth-order valence-electron chi connectivity index (χ4n) is 1.62. The molecule has 0 aliphatic carbocycles. The van der Waals surface area contributed by atoms with E-state index in [1.165, 1.54) is 23.3 Å². The van der Waals surface area contributed by atoms with Crippen molar-refractivity contribution in [1.82, 2.24) is 9.36 Å². The van der Waals surface area contributed by atoms with Gasteiger partial charge < -0.3 is 9.47 Å². The van der Waals surface area contributed by atoms with Crippen LogP contribution in [0.15, 0.2) is 22.5 Å². The molecule has 0 spiro atoms. The standard InChI is InChI=1S/C12H10N2O3S2/c1-7-13-12(19-14-7)18-5-9(15)8-2-3-10-11(4-8)17-6-16-10/h2-4H,5-6H2,1H3. The number of carbonyl (C=O) groups excluding carboxylic acids is 1. The molecule has 5 nitrogen and oxygen atoms in total. The highest BCUT2D eigenvalue weighted by Crippen LogP contribution is 2.33. The summed E-state index contributed by atoms with van der Waals surface area (Å²) in [7, 11) is 0. The first-order chi connectivity index (χ1) is 9.22. The van der Waals surface area contributed by atoms with E-state index in [-0.39, 0.29) is 12.6 Å². The number of fused-ring (bicyclic) bond motifs is 1. The molecule has 0 unspecified atom stereocenters. The Morgan fingerprint density at radius 2 is 2.26 bits per heavy atom. The lowest BCUT2D eigenvalue weighted by molar-refractivity contribution is 0.102. The smallest absolute Gasteiger partial charge is 0.231 e. The van der Waals surface area contributed by atoms with E-state index in [0.717, 1.165) is 10.2 Å². The molecule has 0 saturated carbocycles. The third-order valence-corrected chi connectivity index (χ3v) is 4.46. The van der Waals surface area contributed by atoms with Gasteiger partial charge in [-0.1, -0.05) is 11.8 Å². The topological polar surface area (TPSA) is 61.3 Å². The van der Waals surface area contributed by atoms with Crippen molar-refractivity contribution in [2.45, 2.75) is 11.3 Å². The van der Waals surface area contributed by atoms with E-state index in [0.29, 0.717) is 22.8 Å². The van der Waals surface area contributed by atoms with Crippen LogP contribution in [-0.4, -0.2) is 27.7 Å². The zero-order chi connectivity index (χ0) is 13.2. The third kappa shape index (κ3) is 2.71. The first-order valence-electron chi connectivity index (χ1n) is 5.58. The average Bonchev–Trinajstić information content (AvgIpc) is 3.03. The lowest BCUT2D eigenvalue weighted by Crippen LogP contribution is -2.02. The zero-order valence-electron chi connectivity index (χ0n) is 10.1. The maximum Gasteiger partial charge on any atom is 0.231 e. The van der Waals surface area contributed by atoms with Crippen LogP contribution in [0.3, 0.4) is 0 Å². The number of nitrogens with zero attached hydrogens (tertiary/aromatic N) is 2. The van der Waals surface area contributed by atoms with Gasteiger partial charge in [0.15, 0.2) is 21.6 Å². The highest BCUT2D eigenvalue weighted by atomic mass is 32.2. The van der Waals surface area contributed by atoms with Crippen LogP contribution in [0.4, 0.5) is 0 Å². The third-order valence-electron chi connectivity index (χ3n) is 2.53. The molecule has 1 aromatic carbocycles. The predicted octanol–water partition coefficient (Wildman–Crippen LogP) is 2.55. The van der Waals surface area contributed by atoms with Crippen LogP contribution in [0.1, 0.15) is 16.2 Å². The SMILES string of the molecule is Cc1nsc(SCC(=O)c2ccc3c(c2)OCO3)n1. The van der Waals surface area contributed by atoms with Gasteiger partial charge in [0, 0.05) is 5.56 Å². The molecule has 1 aromatic heterocycles. The van der Waals surface area contributed by atoms with Crippen molar-refractivity contribution in [1.29, 1.82) is 0 Å². The molecule has 0 atom stereocenters. The molecule has 1 aliphatic rings. The number of thioether (sulfide) groups is 1. The van der Waals surface area contributed by atoms with Crippen molar-refractivity contribution >= 4 is 29.1 Å². The second kappa shape index (κ2) is 5.18. The van der Waals surface area contributed by atoms with Gasteiger partial charge in [-0.3, -0.25) is 4.79 Å². The van der Waals surface area contributed by atoms with Crippen molar-refractivity contribution in [3.05, 3.63) is 29.6 Å². The van der Waals surface area contributed by atoms with Crippen molar-refractivity contribution in [2.75, 3.05) is 12.5 Å². The molecule has 98 valence electrons. The molecule has 2 heterocycles. The second-order valence-electron chi connectivity index (χ2n) is 3.89. The highest BCUT2D eigenvalue weighted by Gasteiger charge is 2.16. The Morgan fingerprint density at radius 3 is 3.05 bits per heavy atom. The molecular formula is C12H10N2O3S2. The quantitative estimate of drug-likeness (QED) is 0.638. The number of rotatable bonds is 4. The Balaban J connectivity index is 1.67. The number of carbonyl (C=O) groups is 1. The fraction of sp³-hybridized carbons (Fsp3) is 0.250. The van der Waals surface area contributed by atoms with E-state index in [2.05, 4.69) is 9.36 Å². The normalized spacial score (nSPS) is 12.7. The summed E-state index contributed by atoms with van der Waals surface area (Å²) in [4.78, 5) is 16.3. The molecule has 7 heteroatoms. The van der Waals surface area contributed by atoms with E-state index in [1.54, 1.807) is 18.2 Å². The van der Waals surface area contributed by atoms with Crippen LogP contribution in [0, 0.1) is 6.92 Å². The van der Waals surface area contributed by atoms with Crippen LogP contribution in [0.2, 0.25) is 0 Å². The van der Waals surface area contributed by atoms with Gasteiger partial charge in [0.25, 0.3) is 0 Å². The van der Waals surface area contributed by atoms with Crippen molar-refractivity contribution in [2.24, 2.45) is 0 Å². The minimum atomic E-state index is 0.0381. The van der Waals surface area contributed by atoms with Crippen molar-refractivity contribution < 1.29 is 14.3 Å². The number of hydrogen-bond acceptors (Lipinski definition) is 7. The zero-order valence-corrected chi connectivity index (χ0v) is 11.7. The molecule has 1 aliphatic heterocycles. The van der Waals surface area contributed by atoms with Crippen molar-refractivity contribution in [3.8, 4) is 11.5 Å². The number of ketones is 1. The molecule has 0 fully saturated rings. The highest BCUT2D eigenvalue weighted by molar-refractivity contribution is 8.01. The molecule has 2 aromatic rings. The van der Waals surface area contributed by atoms with E-state index >= 15 is 0 Å². The van der Waals surface area contributed by atoms with Gasteiger partial charge in [-0.2, -0.15) is 4.37 Å². The molecular weight excluding hydrogens is 284 g/mol. The van der Waals surface area contributed by atoms with Crippen molar-refractivity contribution in [3.63, 3.8) is 0 Å². The lowest BCUT2D eigenvalue weighted by atomic mass is 10.1. The minimum Gasteiger partial charge on any atom is -0.454 e. The van der Waals surface area contributed by atoms with Crippen LogP contribution in [-0.2, 0) is 0 Å². The molecule has 0 saturated heterocycles. The number of aryl methyl sites for hydroxylation is 1. The van der Waals surface area contributed by atoms with Gasteiger partial charge in [0.1, 0.15) is 5.82 Å². The van der Waals surface area contributed by atoms with Crippen LogP contribution in [0.5, 0.6) is 11.5 Å². The summed E-state index contributed by atoms with van der Waals surface area (Å²) in [6, 6.07) is 5.23. The Hall–Kier alpha value is -1.60. The Morgan fingerprint density at radius 1 is 1.42 bits per heavy atom. The van der Waals surface area contributed by atoms with Gasteiger partial charge in [-0.15, -0.1) is 0 Å². The van der Waals surface area contributed by atoms with Gasteiger partial charge in [0.2, 0.25) is 6.79 Å². The van der Waals surface area contributed by atoms with Gasteiger partial charge in [-0.25, -0.2) is 4.98 Å². The van der Waals surface area contributed by atoms with E-state index in [4.69, 9.17) is 9.47 Å².